The van der Waals surface area contributed by atoms with Crippen LogP contribution in [0.25, 0.3) is 0 Å². The lowest BCUT2D eigenvalue weighted by Crippen LogP contribution is -2.20. The molecule has 0 aromatic heterocycles. The molecule has 0 bridgehead atoms. The zero-order valence-corrected chi connectivity index (χ0v) is 12.4. The highest BCUT2D eigenvalue weighted by Crippen LogP contribution is 2.19. The van der Waals surface area contributed by atoms with Gasteiger partial charge in [-0.05, 0) is 35.2 Å². The monoisotopic (exact) mass is 289 g/mol. The minimum atomic E-state index is 0.0933. The molecule has 0 aliphatic heterocycles. The Kier molecular flexibility index (Phi) is 5.60. The van der Waals surface area contributed by atoms with Gasteiger partial charge in [-0.2, -0.15) is 0 Å². The molecule has 0 spiro atoms. The van der Waals surface area contributed by atoms with Gasteiger partial charge in [-0.25, -0.2) is 0 Å². The van der Waals surface area contributed by atoms with Crippen molar-refractivity contribution in [1.82, 2.24) is 5.32 Å². The summed E-state index contributed by atoms with van der Waals surface area (Å²) in [6, 6.07) is 16.3. The van der Waals surface area contributed by atoms with Gasteiger partial charge in [0, 0.05) is 17.6 Å². The van der Waals surface area contributed by atoms with E-state index in [0.717, 1.165) is 23.6 Å². The topological polar surface area (TPSA) is 32.3 Å². The average molecular weight is 290 g/mol. The minimum absolute atomic E-state index is 0.0933. The Morgan fingerprint density at radius 2 is 1.60 bits per heavy atom. The van der Waals surface area contributed by atoms with E-state index in [9.17, 15) is 0 Å². The second-order valence-electron chi connectivity index (χ2n) is 4.87. The summed E-state index contributed by atoms with van der Waals surface area (Å²) in [6.45, 7) is 3.07. The van der Waals surface area contributed by atoms with Gasteiger partial charge in [0.1, 0.15) is 0 Å². The molecule has 0 aliphatic carbocycles. The summed E-state index contributed by atoms with van der Waals surface area (Å²) in [6.07, 6.45) is 1.02. The van der Waals surface area contributed by atoms with Crippen LogP contribution in [0.2, 0.25) is 5.02 Å². The molecule has 2 nitrogen and oxygen atoms in total. The quantitative estimate of drug-likeness (QED) is 0.840. The van der Waals surface area contributed by atoms with Crippen LogP contribution in [0.3, 0.4) is 0 Å². The molecule has 1 unspecified atom stereocenters. The Labute approximate surface area is 125 Å². The van der Waals surface area contributed by atoms with Crippen LogP contribution in [0.15, 0.2) is 48.5 Å². The van der Waals surface area contributed by atoms with E-state index in [1.165, 1.54) is 11.1 Å². The average Bonchev–Trinajstić information content (AvgIpc) is 2.50. The predicted octanol–water partition coefficient (Wildman–Crippen LogP) is 4.07. The molecule has 0 saturated heterocycles. The van der Waals surface area contributed by atoms with Crippen LogP contribution in [0.4, 0.5) is 0 Å². The van der Waals surface area contributed by atoms with Crippen LogP contribution in [0.1, 0.15) is 36.1 Å². The summed E-state index contributed by atoms with van der Waals surface area (Å²) in [5.41, 5.74) is 3.41. The van der Waals surface area contributed by atoms with Gasteiger partial charge >= 0.3 is 0 Å². The summed E-state index contributed by atoms with van der Waals surface area (Å²) in [7, 11) is 0. The first-order valence-electron chi connectivity index (χ1n) is 6.90. The third-order valence-corrected chi connectivity index (χ3v) is 3.69. The highest BCUT2D eigenvalue weighted by molar-refractivity contribution is 6.30. The fraction of sp³-hybridized carbons (Fsp3) is 0.294. The van der Waals surface area contributed by atoms with E-state index in [4.69, 9.17) is 16.7 Å². The van der Waals surface area contributed by atoms with Crippen LogP contribution in [0, 0.1) is 0 Å². The number of hydrogen-bond donors (Lipinski definition) is 2. The maximum Gasteiger partial charge on any atom is 0.0681 e. The molecule has 20 heavy (non-hydrogen) atoms. The van der Waals surface area contributed by atoms with Crippen LogP contribution in [0.5, 0.6) is 0 Å². The summed E-state index contributed by atoms with van der Waals surface area (Å²) in [5.74, 6) is 0. The van der Waals surface area contributed by atoms with E-state index in [2.05, 4.69) is 24.4 Å². The smallest absolute Gasteiger partial charge is 0.0681 e. The normalized spacial score (nSPS) is 12.3. The van der Waals surface area contributed by atoms with Crippen molar-refractivity contribution in [2.24, 2.45) is 0 Å². The molecule has 0 heterocycles. The summed E-state index contributed by atoms with van der Waals surface area (Å²) in [4.78, 5) is 0. The molecule has 3 heteroatoms. The second kappa shape index (κ2) is 7.44. The lowest BCUT2D eigenvalue weighted by atomic mass is 10.0. The summed E-state index contributed by atoms with van der Waals surface area (Å²) in [5, 5.41) is 13.3. The van der Waals surface area contributed by atoms with Crippen molar-refractivity contribution in [2.75, 3.05) is 0 Å². The zero-order chi connectivity index (χ0) is 14.4. The van der Waals surface area contributed by atoms with Gasteiger partial charge < -0.3 is 10.4 Å². The van der Waals surface area contributed by atoms with Gasteiger partial charge in [-0.15, -0.1) is 0 Å². The fourth-order valence-corrected chi connectivity index (χ4v) is 2.32. The summed E-state index contributed by atoms with van der Waals surface area (Å²) >= 11 is 5.92. The van der Waals surface area contributed by atoms with Crippen LogP contribution in [-0.2, 0) is 13.2 Å². The Hall–Kier alpha value is -1.35. The van der Waals surface area contributed by atoms with E-state index < -0.39 is 0 Å². The van der Waals surface area contributed by atoms with Crippen molar-refractivity contribution < 1.29 is 5.11 Å². The first-order chi connectivity index (χ1) is 9.72. The second-order valence-corrected chi connectivity index (χ2v) is 5.30. The van der Waals surface area contributed by atoms with Gasteiger partial charge in [0.15, 0.2) is 0 Å². The SMILES string of the molecule is CCC(NCc1ccc(CO)cc1)c1ccc(Cl)cc1. The van der Waals surface area contributed by atoms with Crippen LogP contribution in [-0.4, -0.2) is 5.11 Å². The fourth-order valence-electron chi connectivity index (χ4n) is 2.20. The molecule has 0 fully saturated rings. The zero-order valence-electron chi connectivity index (χ0n) is 11.6. The van der Waals surface area contributed by atoms with Gasteiger partial charge in [0.25, 0.3) is 0 Å². The highest BCUT2D eigenvalue weighted by Gasteiger charge is 2.08. The Balaban J connectivity index is 1.97. The highest BCUT2D eigenvalue weighted by atomic mass is 35.5. The molecule has 0 aliphatic rings. The Morgan fingerprint density at radius 1 is 1.00 bits per heavy atom. The number of aliphatic hydroxyl groups is 1. The standard InChI is InChI=1S/C17H20ClNO/c1-2-17(15-7-9-16(18)10-8-15)19-11-13-3-5-14(12-20)6-4-13/h3-10,17,19-20H,2,11-12H2,1H3. The molecule has 106 valence electrons. The van der Waals surface area contributed by atoms with Crippen molar-refractivity contribution in [3.8, 4) is 0 Å². The molecule has 2 N–H and O–H groups in total. The number of hydrogen-bond acceptors (Lipinski definition) is 2. The van der Waals surface area contributed by atoms with E-state index in [-0.39, 0.29) is 6.61 Å². The minimum Gasteiger partial charge on any atom is -0.392 e. The Bertz CT molecular complexity index is 522. The Morgan fingerprint density at radius 3 is 2.15 bits per heavy atom. The molecule has 0 radical (unpaired) electrons. The lowest BCUT2D eigenvalue weighted by molar-refractivity contribution is 0.282. The van der Waals surface area contributed by atoms with Gasteiger partial charge in [-0.3, -0.25) is 0 Å². The number of aliphatic hydroxyl groups excluding tert-OH is 1. The molecule has 2 rings (SSSR count). The van der Waals surface area contributed by atoms with Gasteiger partial charge in [0.2, 0.25) is 0 Å². The van der Waals surface area contributed by atoms with Crippen molar-refractivity contribution in [3.63, 3.8) is 0 Å². The van der Waals surface area contributed by atoms with E-state index in [0.29, 0.717) is 6.04 Å². The third kappa shape index (κ3) is 4.07. The van der Waals surface area contributed by atoms with Crippen LogP contribution >= 0.6 is 11.6 Å². The van der Waals surface area contributed by atoms with Crippen molar-refractivity contribution >= 4 is 11.6 Å². The predicted molar refractivity (Wildman–Crippen MR) is 83.7 cm³/mol. The largest absolute Gasteiger partial charge is 0.392 e. The lowest BCUT2D eigenvalue weighted by Gasteiger charge is -2.17. The first kappa shape index (κ1) is 15.0. The maximum atomic E-state index is 9.03. The number of benzene rings is 2. The number of halogens is 1. The molecule has 0 saturated carbocycles. The van der Waals surface area contributed by atoms with Crippen molar-refractivity contribution in [3.05, 3.63) is 70.2 Å². The molecule has 0 amide bonds. The van der Waals surface area contributed by atoms with Crippen molar-refractivity contribution in [2.45, 2.75) is 32.5 Å². The first-order valence-corrected chi connectivity index (χ1v) is 7.28. The molecule has 1 atom stereocenters. The molecule has 2 aromatic carbocycles. The van der Waals surface area contributed by atoms with E-state index in [1.54, 1.807) is 0 Å². The molecular formula is C17H20ClNO. The van der Waals surface area contributed by atoms with Crippen LogP contribution < -0.4 is 5.32 Å². The molecular weight excluding hydrogens is 270 g/mol. The number of nitrogens with one attached hydrogen (secondary N) is 1. The van der Waals surface area contributed by atoms with Gasteiger partial charge in [0.05, 0.1) is 6.61 Å². The number of rotatable bonds is 6. The van der Waals surface area contributed by atoms with E-state index in [1.807, 2.05) is 36.4 Å². The summed E-state index contributed by atoms with van der Waals surface area (Å²) < 4.78 is 0. The van der Waals surface area contributed by atoms with E-state index >= 15 is 0 Å². The van der Waals surface area contributed by atoms with Crippen molar-refractivity contribution in [1.29, 1.82) is 0 Å². The molecule has 2 aromatic rings. The third-order valence-electron chi connectivity index (χ3n) is 3.44. The van der Waals surface area contributed by atoms with Gasteiger partial charge in [-0.1, -0.05) is 54.9 Å². The maximum absolute atomic E-state index is 9.03.